The van der Waals surface area contributed by atoms with E-state index in [-0.39, 0.29) is 19.2 Å². The minimum atomic E-state index is -3.66. The third-order valence-electron chi connectivity index (χ3n) is 4.08. The van der Waals surface area contributed by atoms with Gasteiger partial charge in [-0.25, -0.2) is 8.42 Å². The fraction of sp³-hybridized carbons (Fsp3) is 0.350. The lowest BCUT2D eigenvalue weighted by molar-refractivity contribution is -0.120. The van der Waals surface area contributed by atoms with Crippen LogP contribution in [0, 0.1) is 6.92 Å². The van der Waals surface area contributed by atoms with Gasteiger partial charge in [0.1, 0.15) is 24.7 Å². The molecular weight excluding hydrogens is 416 g/mol. The standard InChI is InChI=1S/C20H25ClN2O5S/c1-14-11-16(21)5-10-19(14)23(29(4,25)26)12-20(24)22-15(2)13-28-18-8-6-17(27-3)7-9-18/h5-11,15H,12-13H2,1-4H3,(H,22,24)/t15-/m0/s1. The van der Waals surface area contributed by atoms with Crippen LogP contribution >= 0.6 is 11.6 Å². The molecule has 0 bridgehead atoms. The molecule has 158 valence electrons. The third kappa shape index (κ3) is 6.83. The first-order valence-electron chi connectivity index (χ1n) is 8.90. The van der Waals surface area contributed by atoms with Crippen molar-refractivity contribution in [2.75, 3.05) is 30.8 Å². The van der Waals surface area contributed by atoms with Crippen LogP contribution in [0.3, 0.4) is 0 Å². The number of hydrogen-bond donors (Lipinski definition) is 1. The Balaban J connectivity index is 1.98. The summed E-state index contributed by atoms with van der Waals surface area (Å²) in [5, 5.41) is 3.25. The highest BCUT2D eigenvalue weighted by molar-refractivity contribution is 7.92. The quantitative estimate of drug-likeness (QED) is 0.647. The van der Waals surface area contributed by atoms with Crippen molar-refractivity contribution < 1.29 is 22.7 Å². The van der Waals surface area contributed by atoms with E-state index >= 15 is 0 Å². The fourth-order valence-corrected chi connectivity index (χ4v) is 3.81. The molecule has 2 rings (SSSR count). The number of carbonyl (C=O) groups excluding carboxylic acids is 1. The van der Waals surface area contributed by atoms with E-state index in [0.717, 1.165) is 16.3 Å². The molecule has 2 aromatic carbocycles. The Morgan fingerprint density at radius 3 is 2.34 bits per heavy atom. The molecule has 0 aliphatic carbocycles. The molecule has 7 nitrogen and oxygen atoms in total. The van der Waals surface area contributed by atoms with Crippen LogP contribution < -0.4 is 19.1 Å². The lowest BCUT2D eigenvalue weighted by Gasteiger charge is -2.24. The van der Waals surface area contributed by atoms with Crippen LogP contribution in [0.4, 0.5) is 5.69 Å². The SMILES string of the molecule is COc1ccc(OC[C@H](C)NC(=O)CN(c2ccc(Cl)cc2C)S(C)(=O)=O)cc1. The van der Waals surface area contributed by atoms with E-state index in [1.165, 1.54) is 0 Å². The van der Waals surface area contributed by atoms with Crippen molar-refractivity contribution in [3.63, 3.8) is 0 Å². The molecule has 1 N–H and O–H groups in total. The number of rotatable bonds is 9. The number of sulfonamides is 1. The normalized spacial score (nSPS) is 12.2. The van der Waals surface area contributed by atoms with E-state index < -0.39 is 15.9 Å². The predicted molar refractivity (Wildman–Crippen MR) is 114 cm³/mol. The number of aryl methyl sites for hydroxylation is 1. The van der Waals surface area contributed by atoms with Crippen molar-refractivity contribution in [2.24, 2.45) is 0 Å². The summed E-state index contributed by atoms with van der Waals surface area (Å²) >= 11 is 5.94. The zero-order chi connectivity index (χ0) is 21.6. The Hall–Kier alpha value is -2.45. The highest BCUT2D eigenvalue weighted by Crippen LogP contribution is 2.25. The Kier molecular flexibility index (Phi) is 7.75. The molecule has 0 heterocycles. The maximum absolute atomic E-state index is 12.4. The third-order valence-corrected chi connectivity index (χ3v) is 5.44. The largest absolute Gasteiger partial charge is 0.497 e. The van der Waals surface area contributed by atoms with Crippen LogP contribution in [-0.4, -0.2) is 46.9 Å². The molecule has 0 radical (unpaired) electrons. The number of ether oxygens (including phenoxy) is 2. The first-order valence-corrected chi connectivity index (χ1v) is 11.1. The van der Waals surface area contributed by atoms with Gasteiger partial charge in [0.25, 0.3) is 0 Å². The number of nitrogens with one attached hydrogen (secondary N) is 1. The van der Waals surface area contributed by atoms with Crippen molar-refractivity contribution in [3.05, 3.63) is 53.1 Å². The van der Waals surface area contributed by atoms with Gasteiger partial charge in [-0.1, -0.05) is 11.6 Å². The van der Waals surface area contributed by atoms with Crippen molar-refractivity contribution in [1.29, 1.82) is 0 Å². The summed E-state index contributed by atoms with van der Waals surface area (Å²) in [5.41, 5.74) is 1.07. The molecule has 0 spiro atoms. The summed E-state index contributed by atoms with van der Waals surface area (Å²) in [6, 6.07) is 11.6. The molecule has 0 aromatic heterocycles. The van der Waals surface area contributed by atoms with Gasteiger partial charge in [-0.3, -0.25) is 9.10 Å². The molecular formula is C20H25ClN2O5S. The molecule has 2 aromatic rings. The number of benzene rings is 2. The smallest absolute Gasteiger partial charge is 0.241 e. The first-order chi connectivity index (χ1) is 13.6. The molecule has 1 atom stereocenters. The van der Waals surface area contributed by atoms with Crippen LogP contribution in [-0.2, 0) is 14.8 Å². The van der Waals surface area contributed by atoms with E-state index in [2.05, 4.69) is 5.32 Å². The molecule has 0 aliphatic heterocycles. The summed E-state index contributed by atoms with van der Waals surface area (Å²) < 4.78 is 36.3. The van der Waals surface area contributed by atoms with E-state index in [0.29, 0.717) is 22.0 Å². The predicted octanol–water partition coefficient (Wildman–Crippen LogP) is 3.01. The zero-order valence-corrected chi connectivity index (χ0v) is 18.4. The van der Waals surface area contributed by atoms with Gasteiger partial charge < -0.3 is 14.8 Å². The number of nitrogens with zero attached hydrogens (tertiary/aromatic N) is 1. The van der Waals surface area contributed by atoms with E-state index in [1.54, 1.807) is 63.4 Å². The number of carbonyl (C=O) groups is 1. The summed E-state index contributed by atoms with van der Waals surface area (Å²) in [6.45, 7) is 3.41. The minimum absolute atomic E-state index is 0.233. The fourth-order valence-electron chi connectivity index (χ4n) is 2.67. The number of amides is 1. The number of halogens is 1. The molecule has 0 aliphatic rings. The minimum Gasteiger partial charge on any atom is -0.497 e. The average Bonchev–Trinajstić information content (AvgIpc) is 2.64. The lowest BCUT2D eigenvalue weighted by atomic mass is 10.2. The lowest BCUT2D eigenvalue weighted by Crippen LogP contribution is -2.45. The van der Waals surface area contributed by atoms with Gasteiger partial charge in [-0.2, -0.15) is 0 Å². The highest BCUT2D eigenvalue weighted by atomic mass is 35.5. The van der Waals surface area contributed by atoms with Gasteiger partial charge in [0, 0.05) is 5.02 Å². The number of anilines is 1. The average molecular weight is 441 g/mol. The number of hydrogen-bond acceptors (Lipinski definition) is 5. The Morgan fingerprint density at radius 2 is 1.79 bits per heavy atom. The highest BCUT2D eigenvalue weighted by Gasteiger charge is 2.23. The Morgan fingerprint density at radius 1 is 1.17 bits per heavy atom. The van der Waals surface area contributed by atoms with Crippen LogP contribution in [0.25, 0.3) is 0 Å². The zero-order valence-electron chi connectivity index (χ0n) is 16.8. The van der Waals surface area contributed by atoms with Crippen molar-refractivity contribution in [2.45, 2.75) is 19.9 Å². The second-order valence-electron chi connectivity index (χ2n) is 6.66. The van der Waals surface area contributed by atoms with Gasteiger partial charge in [0.15, 0.2) is 0 Å². The van der Waals surface area contributed by atoms with Crippen molar-refractivity contribution in [3.8, 4) is 11.5 Å². The van der Waals surface area contributed by atoms with Gasteiger partial charge in [-0.05, 0) is 61.9 Å². The van der Waals surface area contributed by atoms with Gasteiger partial charge >= 0.3 is 0 Å². The van der Waals surface area contributed by atoms with Gasteiger partial charge in [-0.15, -0.1) is 0 Å². The van der Waals surface area contributed by atoms with E-state index in [1.807, 2.05) is 0 Å². The van der Waals surface area contributed by atoms with Crippen LogP contribution in [0.2, 0.25) is 5.02 Å². The van der Waals surface area contributed by atoms with E-state index in [4.69, 9.17) is 21.1 Å². The van der Waals surface area contributed by atoms with Crippen molar-refractivity contribution in [1.82, 2.24) is 5.32 Å². The Labute approximate surface area is 176 Å². The monoisotopic (exact) mass is 440 g/mol. The summed E-state index contributed by atoms with van der Waals surface area (Å²) in [4.78, 5) is 12.4. The van der Waals surface area contributed by atoms with E-state index in [9.17, 15) is 13.2 Å². The number of methoxy groups -OCH3 is 1. The molecule has 0 fully saturated rings. The van der Waals surface area contributed by atoms with Crippen LogP contribution in [0.5, 0.6) is 11.5 Å². The maximum Gasteiger partial charge on any atom is 0.241 e. The van der Waals surface area contributed by atoms with Crippen LogP contribution in [0.15, 0.2) is 42.5 Å². The Bertz CT molecular complexity index is 948. The maximum atomic E-state index is 12.4. The van der Waals surface area contributed by atoms with Gasteiger partial charge in [0.2, 0.25) is 15.9 Å². The van der Waals surface area contributed by atoms with Crippen molar-refractivity contribution >= 4 is 33.2 Å². The molecule has 0 saturated heterocycles. The first kappa shape index (κ1) is 22.8. The topological polar surface area (TPSA) is 84.9 Å². The van der Waals surface area contributed by atoms with Gasteiger partial charge in [0.05, 0.1) is 25.1 Å². The molecule has 9 heteroatoms. The summed E-state index contributed by atoms with van der Waals surface area (Å²) in [6.07, 6.45) is 1.06. The van der Waals surface area contributed by atoms with Crippen LogP contribution in [0.1, 0.15) is 12.5 Å². The molecule has 0 saturated carbocycles. The molecule has 29 heavy (non-hydrogen) atoms. The summed E-state index contributed by atoms with van der Waals surface area (Å²) in [7, 11) is -2.08. The second kappa shape index (κ2) is 9.84. The molecule has 0 unspecified atom stereocenters. The molecule has 1 amide bonds. The second-order valence-corrected chi connectivity index (χ2v) is 9.00. The summed E-state index contributed by atoms with van der Waals surface area (Å²) in [5.74, 6) is 0.925.